The van der Waals surface area contributed by atoms with Crippen LogP contribution in [0.3, 0.4) is 0 Å². The van der Waals surface area contributed by atoms with Gasteiger partial charge in [-0.2, -0.15) is 9.78 Å². The summed E-state index contributed by atoms with van der Waals surface area (Å²) in [5.74, 6) is -0.169. The van der Waals surface area contributed by atoms with E-state index in [1.807, 2.05) is 24.3 Å². The second kappa shape index (κ2) is 8.27. The summed E-state index contributed by atoms with van der Waals surface area (Å²) >= 11 is 6.02. The first-order valence-electron chi connectivity index (χ1n) is 9.50. The number of thiophene rings is 1. The third-order valence-electron chi connectivity index (χ3n) is 4.96. The molecule has 0 bridgehead atoms. The molecule has 6 nitrogen and oxygen atoms in total. The van der Waals surface area contributed by atoms with Gasteiger partial charge < -0.3 is 5.32 Å². The number of halogens is 2. The largest absolute Gasteiger partial charge is 0.321 e. The first-order valence-corrected chi connectivity index (χ1v) is 12.1. The zero-order valence-corrected chi connectivity index (χ0v) is 19.8. The highest BCUT2D eigenvalue weighted by Gasteiger charge is 2.24. The molecule has 5 rings (SSSR count). The topological polar surface area (TPSA) is 76.3 Å². The molecule has 2 aromatic heterocycles. The molecule has 160 valence electrons. The minimum atomic E-state index is -0.385. The Kier molecular flexibility index (Phi) is 5.44. The monoisotopic (exact) mass is 528 g/mol. The zero-order valence-electron chi connectivity index (χ0n) is 16.6. The van der Waals surface area contributed by atoms with Gasteiger partial charge in [0.15, 0.2) is 5.16 Å². The number of carbonyl (C=O) groups is 1. The van der Waals surface area contributed by atoms with Gasteiger partial charge >= 0.3 is 0 Å². The van der Waals surface area contributed by atoms with E-state index < -0.39 is 0 Å². The van der Waals surface area contributed by atoms with Gasteiger partial charge in [0.25, 0.3) is 11.5 Å². The molecule has 0 saturated carbocycles. The second-order valence-corrected chi connectivity index (χ2v) is 9.91. The number of hydrogen-bond acceptors (Lipinski definition) is 6. The second-order valence-electron chi connectivity index (χ2n) is 7.05. The van der Waals surface area contributed by atoms with Gasteiger partial charge in [0.1, 0.15) is 10.6 Å². The van der Waals surface area contributed by atoms with Gasteiger partial charge in [0, 0.05) is 15.9 Å². The molecule has 0 atom stereocenters. The van der Waals surface area contributed by atoms with E-state index in [4.69, 9.17) is 0 Å². The van der Waals surface area contributed by atoms with Crippen LogP contribution in [0.1, 0.15) is 20.8 Å². The van der Waals surface area contributed by atoms with Crippen molar-refractivity contribution in [3.63, 3.8) is 0 Å². The van der Waals surface area contributed by atoms with E-state index in [1.165, 1.54) is 40.7 Å². The van der Waals surface area contributed by atoms with Crippen molar-refractivity contribution in [3.8, 4) is 0 Å². The predicted octanol–water partition coefficient (Wildman–Crippen LogP) is 5.28. The smallest absolute Gasteiger partial charge is 0.283 e. The summed E-state index contributed by atoms with van der Waals surface area (Å²) in [4.78, 5) is 31.6. The molecule has 1 aliphatic heterocycles. The standard InChI is InChI=1S/C22H14BrFN4O2S2/c1-11-17-20(32-18(11)19(29)25-15-8-6-14(24)7-9-15)26-22-28(21(17)30)27-16(10-31-22)12-2-4-13(23)5-3-12/h2-9H,10H2,1H3,(H,25,29). The lowest BCUT2D eigenvalue weighted by molar-refractivity contribution is 0.103. The van der Waals surface area contributed by atoms with Gasteiger partial charge in [-0.15, -0.1) is 11.3 Å². The van der Waals surface area contributed by atoms with E-state index in [-0.39, 0.29) is 17.3 Å². The van der Waals surface area contributed by atoms with Gasteiger partial charge in [-0.1, -0.05) is 39.8 Å². The van der Waals surface area contributed by atoms with E-state index in [0.717, 1.165) is 27.1 Å². The van der Waals surface area contributed by atoms with E-state index in [1.54, 1.807) is 6.92 Å². The maximum Gasteiger partial charge on any atom is 0.283 e. The number of thioether (sulfide) groups is 1. The first-order chi connectivity index (χ1) is 15.4. The molecule has 10 heteroatoms. The van der Waals surface area contributed by atoms with Crippen molar-refractivity contribution < 1.29 is 9.18 Å². The summed E-state index contributed by atoms with van der Waals surface area (Å²) in [5.41, 5.74) is 2.42. The van der Waals surface area contributed by atoms with Crippen molar-refractivity contribution in [2.45, 2.75) is 12.1 Å². The summed E-state index contributed by atoms with van der Waals surface area (Å²) in [7, 11) is 0. The number of aromatic nitrogens is 2. The van der Waals surface area contributed by atoms with Crippen LogP contribution in [0.25, 0.3) is 10.2 Å². The number of amides is 1. The molecule has 0 spiro atoms. The number of nitrogens with zero attached hydrogens (tertiary/aromatic N) is 3. The van der Waals surface area contributed by atoms with Crippen molar-refractivity contribution in [1.29, 1.82) is 0 Å². The fourth-order valence-electron chi connectivity index (χ4n) is 3.34. The quantitative estimate of drug-likeness (QED) is 0.367. The number of rotatable bonds is 3. The van der Waals surface area contributed by atoms with Crippen molar-refractivity contribution >= 4 is 66.6 Å². The van der Waals surface area contributed by atoms with Crippen LogP contribution >= 0.6 is 39.0 Å². The highest BCUT2D eigenvalue weighted by Crippen LogP contribution is 2.31. The SMILES string of the molecule is Cc1c(C(=O)Nc2ccc(F)cc2)sc2nc3n(c(=O)c12)N=C(c1ccc(Br)cc1)CS3. The normalized spacial score (nSPS) is 13.0. The molecular formula is C22H14BrFN4O2S2. The Bertz CT molecular complexity index is 1460. The fraction of sp³-hybridized carbons (Fsp3) is 0.0909. The van der Waals surface area contributed by atoms with Crippen LogP contribution in [0.4, 0.5) is 10.1 Å². The predicted molar refractivity (Wildman–Crippen MR) is 130 cm³/mol. The maximum atomic E-state index is 13.3. The molecule has 3 heterocycles. The van der Waals surface area contributed by atoms with Crippen LogP contribution in [0.15, 0.2) is 68.1 Å². The number of benzene rings is 2. The molecule has 0 unspecified atom stereocenters. The zero-order chi connectivity index (χ0) is 22.4. The number of fused-ring (bicyclic) bond motifs is 2. The minimum absolute atomic E-state index is 0.304. The van der Waals surface area contributed by atoms with Crippen LogP contribution in [0.5, 0.6) is 0 Å². The summed E-state index contributed by atoms with van der Waals surface area (Å²) in [6.07, 6.45) is 0. The third kappa shape index (κ3) is 3.78. The highest BCUT2D eigenvalue weighted by molar-refractivity contribution is 9.10. The lowest BCUT2D eigenvalue weighted by Gasteiger charge is -2.15. The number of aryl methyl sites for hydroxylation is 1. The fourth-order valence-corrected chi connectivity index (χ4v) is 5.62. The van der Waals surface area contributed by atoms with E-state index in [9.17, 15) is 14.0 Å². The van der Waals surface area contributed by atoms with Crippen molar-refractivity contribution in [2.75, 3.05) is 11.1 Å². The highest BCUT2D eigenvalue weighted by atomic mass is 79.9. The summed E-state index contributed by atoms with van der Waals surface area (Å²) < 4.78 is 15.4. The molecule has 0 saturated heterocycles. The Morgan fingerprint density at radius 3 is 2.59 bits per heavy atom. The molecule has 4 aromatic rings. The number of hydrogen-bond donors (Lipinski definition) is 1. The van der Waals surface area contributed by atoms with Crippen LogP contribution in [-0.2, 0) is 0 Å². The van der Waals surface area contributed by atoms with Crippen molar-refractivity contribution in [3.05, 3.63) is 85.2 Å². The minimum Gasteiger partial charge on any atom is -0.321 e. The third-order valence-corrected chi connectivity index (χ3v) is 7.61. The van der Waals surface area contributed by atoms with Gasteiger partial charge in [-0.3, -0.25) is 9.59 Å². The molecule has 0 aliphatic carbocycles. The van der Waals surface area contributed by atoms with Crippen molar-refractivity contribution in [2.24, 2.45) is 5.10 Å². The Balaban J connectivity index is 1.55. The maximum absolute atomic E-state index is 13.3. The van der Waals surface area contributed by atoms with E-state index >= 15 is 0 Å². The number of carbonyl (C=O) groups excluding carboxylic acids is 1. The lowest BCUT2D eigenvalue weighted by atomic mass is 10.1. The van der Waals surface area contributed by atoms with Crippen LogP contribution in [-0.4, -0.2) is 27.0 Å². The molecule has 1 N–H and O–H groups in total. The van der Waals surface area contributed by atoms with Gasteiger partial charge in [-0.25, -0.2) is 9.37 Å². The molecule has 32 heavy (non-hydrogen) atoms. The Morgan fingerprint density at radius 1 is 1.16 bits per heavy atom. The van der Waals surface area contributed by atoms with Gasteiger partial charge in [0.05, 0.1) is 16.0 Å². The summed E-state index contributed by atoms with van der Waals surface area (Å²) in [6, 6.07) is 13.3. The molecule has 1 aliphatic rings. The lowest BCUT2D eigenvalue weighted by Crippen LogP contribution is -2.25. The number of anilines is 1. The van der Waals surface area contributed by atoms with E-state index in [0.29, 0.717) is 37.3 Å². The van der Waals surface area contributed by atoms with Crippen LogP contribution < -0.4 is 10.9 Å². The molecular weight excluding hydrogens is 515 g/mol. The first kappa shape index (κ1) is 21.0. The number of nitrogens with one attached hydrogen (secondary N) is 1. The summed E-state index contributed by atoms with van der Waals surface area (Å²) in [5, 5.41) is 8.17. The average Bonchev–Trinajstić information content (AvgIpc) is 3.12. The van der Waals surface area contributed by atoms with Crippen LogP contribution in [0.2, 0.25) is 0 Å². The van der Waals surface area contributed by atoms with E-state index in [2.05, 4.69) is 31.3 Å². The Morgan fingerprint density at radius 2 is 1.88 bits per heavy atom. The van der Waals surface area contributed by atoms with Crippen LogP contribution in [0, 0.1) is 12.7 Å². The van der Waals surface area contributed by atoms with Gasteiger partial charge in [0.2, 0.25) is 0 Å². The molecule has 0 radical (unpaired) electrons. The van der Waals surface area contributed by atoms with Crippen molar-refractivity contribution in [1.82, 2.24) is 9.66 Å². The molecule has 2 aromatic carbocycles. The Labute approximate surface area is 198 Å². The molecule has 1 amide bonds. The summed E-state index contributed by atoms with van der Waals surface area (Å²) in [6.45, 7) is 1.73. The average molecular weight is 529 g/mol. The Hall–Kier alpha value is -2.82. The molecule has 0 fully saturated rings. The van der Waals surface area contributed by atoms with Gasteiger partial charge in [-0.05, 0) is 54.4 Å².